The van der Waals surface area contributed by atoms with Gasteiger partial charge in [-0.2, -0.15) is 0 Å². The van der Waals surface area contributed by atoms with E-state index < -0.39 is 0 Å². The molecule has 0 spiro atoms. The first kappa shape index (κ1) is 50.3. The van der Waals surface area contributed by atoms with E-state index in [0.29, 0.717) is 18.0 Å². The number of hydrazine groups is 1. The maximum atomic E-state index is 12.2. The minimum atomic E-state index is -0.281. The zero-order valence-corrected chi connectivity index (χ0v) is 35.9. The van der Waals surface area contributed by atoms with Crippen molar-refractivity contribution in [1.29, 1.82) is 0 Å². The number of nitrogens with two attached hydrogens (primary N) is 2. The van der Waals surface area contributed by atoms with E-state index in [2.05, 4.69) is 77.6 Å². The lowest BCUT2D eigenvalue weighted by molar-refractivity contribution is -0.141. The summed E-state index contributed by atoms with van der Waals surface area (Å²) < 4.78 is 5.36. The molecule has 6 nitrogen and oxygen atoms in total. The third-order valence-electron chi connectivity index (χ3n) is 9.79. The highest BCUT2D eigenvalue weighted by molar-refractivity contribution is 5.81. The van der Waals surface area contributed by atoms with Gasteiger partial charge in [-0.3, -0.25) is 10.6 Å². The standard InChI is InChI=1S/C15H23NO.C13H27N3O.C13H20.2C2H6/c1-6-10(2)15(12(4)16)13-8-7-9-14(17-5)11(13)3;1-13(2,3)12(17)15(4)10-6-8-11(9-7-10)16(5)14;1-3-8-12(9-4-2)13-10-6-5-7-11-13;2*1-2/h7-10,15H,4,6,16H2,1-3,5H3;10-11H,6-9,14H2,1-5H3;5-7,10-12H,3-4,8-9H2,1-2H3;2*1-2H3. The Morgan fingerprint density at radius 1 is 0.882 bits per heavy atom. The molecule has 0 aliphatic heterocycles. The van der Waals surface area contributed by atoms with Gasteiger partial charge in [0.2, 0.25) is 5.91 Å². The number of carbonyl (C=O) groups excluding carboxylic acids is 1. The van der Waals surface area contributed by atoms with Crippen molar-refractivity contribution in [3.05, 3.63) is 77.5 Å². The Labute approximate surface area is 316 Å². The van der Waals surface area contributed by atoms with Crippen molar-refractivity contribution in [3.8, 4) is 5.75 Å². The van der Waals surface area contributed by atoms with Crippen molar-refractivity contribution in [3.63, 3.8) is 0 Å². The van der Waals surface area contributed by atoms with Crippen molar-refractivity contribution < 1.29 is 9.53 Å². The Balaban J connectivity index is 0. The lowest BCUT2D eigenvalue weighted by Gasteiger charge is -2.38. The Morgan fingerprint density at radius 3 is 1.76 bits per heavy atom. The van der Waals surface area contributed by atoms with E-state index in [4.69, 9.17) is 16.3 Å². The van der Waals surface area contributed by atoms with Crippen molar-refractivity contribution in [1.82, 2.24) is 9.91 Å². The van der Waals surface area contributed by atoms with Crippen LogP contribution in [0.4, 0.5) is 0 Å². The van der Waals surface area contributed by atoms with Crippen LogP contribution in [0.3, 0.4) is 0 Å². The van der Waals surface area contributed by atoms with Crippen LogP contribution < -0.4 is 16.3 Å². The van der Waals surface area contributed by atoms with Crippen LogP contribution in [-0.2, 0) is 4.79 Å². The summed E-state index contributed by atoms with van der Waals surface area (Å²) in [5, 5.41) is 1.81. The number of hydrogen-bond donors (Lipinski definition) is 2. The first-order valence-electron chi connectivity index (χ1n) is 20.0. The van der Waals surface area contributed by atoms with Gasteiger partial charge in [0.05, 0.1) is 7.11 Å². The van der Waals surface area contributed by atoms with E-state index in [1.54, 1.807) is 7.11 Å². The first-order valence-corrected chi connectivity index (χ1v) is 20.0. The minimum absolute atomic E-state index is 0.204. The maximum Gasteiger partial charge on any atom is 0.227 e. The molecule has 1 aliphatic rings. The molecule has 0 heterocycles. The highest BCUT2D eigenvalue weighted by Gasteiger charge is 2.32. The van der Waals surface area contributed by atoms with Gasteiger partial charge in [0.15, 0.2) is 0 Å². The normalized spacial score (nSPS) is 16.4. The van der Waals surface area contributed by atoms with Gasteiger partial charge in [-0.15, -0.1) is 0 Å². The van der Waals surface area contributed by atoms with E-state index in [0.717, 1.165) is 55.0 Å². The fourth-order valence-electron chi connectivity index (χ4n) is 6.74. The third-order valence-corrected chi connectivity index (χ3v) is 9.79. The molecule has 6 heteroatoms. The van der Waals surface area contributed by atoms with Gasteiger partial charge in [0.25, 0.3) is 0 Å². The molecule has 2 unspecified atom stereocenters. The number of amides is 1. The summed E-state index contributed by atoms with van der Waals surface area (Å²) in [6.45, 7) is 28.9. The van der Waals surface area contributed by atoms with Crippen LogP contribution in [0.25, 0.3) is 0 Å². The number of benzene rings is 2. The molecule has 0 bridgehead atoms. The summed E-state index contributed by atoms with van der Waals surface area (Å²) in [6.07, 6.45) is 10.6. The van der Waals surface area contributed by atoms with Crippen molar-refractivity contribution in [2.75, 3.05) is 21.2 Å². The number of rotatable bonds is 12. The molecule has 0 aromatic heterocycles. The van der Waals surface area contributed by atoms with Gasteiger partial charge >= 0.3 is 0 Å². The van der Waals surface area contributed by atoms with Crippen LogP contribution in [-0.4, -0.2) is 49.1 Å². The van der Waals surface area contributed by atoms with Gasteiger partial charge in [-0.1, -0.05) is 144 Å². The molecule has 1 fully saturated rings. The van der Waals surface area contributed by atoms with Gasteiger partial charge in [0, 0.05) is 43.2 Å². The molecule has 2 aromatic rings. The Hall–Kier alpha value is -2.83. The Kier molecular flexibility index (Phi) is 27.4. The van der Waals surface area contributed by atoms with E-state index >= 15 is 0 Å². The molecule has 1 aliphatic carbocycles. The Morgan fingerprint density at radius 2 is 1.37 bits per heavy atom. The topological polar surface area (TPSA) is 84.8 Å². The van der Waals surface area contributed by atoms with E-state index in [-0.39, 0.29) is 17.2 Å². The van der Waals surface area contributed by atoms with Crippen LogP contribution in [0.5, 0.6) is 5.75 Å². The number of carbonyl (C=O) groups is 1. The number of hydrogen-bond acceptors (Lipinski definition) is 5. The molecule has 4 N–H and O–H groups in total. The fourth-order valence-corrected chi connectivity index (χ4v) is 6.74. The monoisotopic (exact) mass is 711 g/mol. The van der Waals surface area contributed by atoms with Crippen LogP contribution in [0.2, 0.25) is 0 Å². The summed E-state index contributed by atoms with van der Waals surface area (Å²) in [5.74, 6) is 8.40. The van der Waals surface area contributed by atoms with Crippen molar-refractivity contribution >= 4 is 5.91 Å². The summed E-state index contributed by atoms with van der Waals surface area (Å²) in [5.41, 5.74) is 10.3. The highest BCUT2D eigenvalue weighted by atomic mass is 16.5. The second-order valence-electron chi connectivity index (χ2n) is 14.6. The number of allylic oxidation sites excluding steroid dienone is 1. The SMILES string of the molecule is C=C(N)C(c1cccc(OC)c1C)C(C)CC.CC.CC.CCCC(CCC)c1ccccc1.CN(N)C1CCC(N(C)C(=O)C(C)(C)C)CC1. The van der Waals surface area contributed by atoms with E-state index in [9.17, 15) is 4.79 Å². The number of methoxy groups -OCH3 is 1. The predicted molar refractivity (Wildman–Crippen MR) is 225 cm³/mol. The lowest BCUT2D eigenvalue weighted by atomic mass is 9.81. The largest absolute Gasteiger partial charge is 0.496 e. The number of ether oxygens (including phenoxy) is 1. The zero-order chi connectivity index (χ0) is 39.7. The average Bonchev–Trinajstić information content (AvgIpc) is 3.13. The summed E-state index contributed by atoms with van der Waals surface area (Å²) in [6, 6.07) is 17.9. The fraction of sp³-hybridized carbons (Fsp3) is 0.667. The first-order chi connectivity index (χ1) is 24.1. The number of nitrogens with zero attached hydrogens (tertiary/aromatic N) is 2. The summed E-state index contributed by atoms with van der Waals surface area (Å²) in [4.78, 5) is 14.1. The van der Waals surface area contributed by atoms with Gasteiger partial charge in [0.1, 0.15) is 5.75 Å². The van der Waals surface area contributed by atoms with E-state index in [1.165, 1.54) is 36.8 Å². The maximum absolute atomic E-state index is 12.2. The molecule has 51 heavy (non-hydrogen) atoms. The van der Waals surface area contributed by atoms with E-state index in [1.807, 2.05) is 84.6 Å². The second-order valence-corrected chi connectivity index (χ2v) is 14.6. The average molecular weight is 711 g/mol. The third kappa shape index (κ3) is 18.0. The van der Waals surface area contributed by atoms with Crippen molar-refractivity contribution in [2.24, 2.45) is 22.9 Å². The van der Waals surface area contributed by atoms with Gasteiger partial charge in [-0.05, 0) is 80.0 Å². The van der Waals surface area contributed by atoms with Crippen molar-refractivity contribution in [2.45, 2.75) is 165 Å². The molecule has 294 valence electrons. The zero-order valence-electron chi connectivity index (χ0n) is 35.9. The van der Waals surface area contributed by atoms with Gasteiger partial charge < -0.3 is 15.4 Å². The quantitative estimate of drug-likeness (QED) is 0.169. The minimum Gasteiger partial charge on any atom is -0.496 e. The van der Waals surface area contributed by atoms with Crippen LogP contribution in [0.1, 0.15) is 162 Å². The van der Waals surface area contributed by atoms with Gasteiger partial charge in [-0.25, -0.2) is 5.01 Å². The molecule has 0 saturated heterocycles. The molecule has 0 radical (unpaired) electrons. The molecule has 2 atom stereocenters. The second kappa shape index (κ2) is 27.8. The smallest absolute Gasteiger partial charge is 0.227 e. The molecule has 3 rings (SSSR count). The summed E-state index contributed by atoms with van der Waals surface area (Å²) >= 11 is 0. The molecule has 1 saturated carbocycles. The molecule has 2 aromatic carbocycles. The summed E-state index contributed by atoms with van der Waals surface area (Å²) in [7, 11) is 5.56. The molecular formula is C45H82N4O2. The van der Waals surface area contributed by atoms with Crippen LogP contribution >= 0.6 is 0 Å². The Bertz CT molecular complexity index is 1160. The molecule has 1 amide bonds. The lowest BCUT2D eigenvalue weighted by Crippen LogP contribution is -2.48. The predicted octanol–water partition coefficient (Wildman–Crippen LogP) is 11.6. The van der Waals surface area contributed by atoms with Crippen LogP contribution in [0, 0.1) is 18.3 Å². The molecular weight excluding hydrogens is 629 g/mol. The highest BCUT2D eigenvalue weighted by Crippen LogP contribution is 2.36. The van der Waals surface area contributed by atoms with Crippen LogP contribution in [0.15, 0.2) is 60.8 Å².